The molecule has 0 bridgehead atoms. The summed E-state index contributed by atoms with van der Waals surface area (Å²) in [6, 6.07) is 15.7. The Bertz CT molecular complexity index is 1320. The van der Waals surface area contributed by atoms with Crippen molar-refractivity contribution in [2.75, 3.05) is 0 Å². The van der Waals surface area contributed by atoms with Gasteiger partial charge in [-0.3, -0.25) is 9.78 Å². The van der Waals surface area contributed by atoms with Gasteiger partial charge in [0.05, 0.1) is 27.5 Å². The zero-order valence-corrected chi connectivity index (χ0v) is 17.8. The third-order valence-corrected chi connectivity index (χ3v) is 5.17. The molecule has 0 aliphatic carbocycles. The smallest absolute Gasteiger partial charge is 0.272 e. The van der Waals surface area contributed by atoms with Crippen LogP contribution in [0.25, 0.3) is 22.2 Å². The number of phenolic OH excluding ortho intramolecular Hbond substituents is 1. The molecule has 0 spiro atoms. The van der Waals surface area contributed by atoms with Crippen LogP contribution < -0.4 is 5.43 Å². The number of halogens is 2. The molecule has 0 saturated heterocycles. The molecule has 0 aliphatic rings. The van der Waals surface area contributed by atoms with Crippen molar-refractivity contribution >= 4 is 45.7 Å². The predicted octanol–water partition coefficient (Wildman–Crippen LogP) is 5.46. The van der Waals surface area contributed by atoms with Gasteiger partial charge in [-0.1, -0.05) is 41.4 Å². The maximum Gasteiger partial charge on any atom is 0.272 e. The number of nitrogens with zero attached hydrogens (tertiary/aromatic N) is 3. The first-order chi connectivity index (χ1) is 14.9. The Morgan fingerprint density at radius 2 is 1.87 bits per heavy atom. The molecule has 6 nitrogen and oxygen atoms in total. The number of phenols is 1. The van der Waals surface area contributed by atoms with Crippen LogP contribution in [0.3, 0.4) is 0 Å². The van der Waals surface area contributed by atoms with Gasteiger partial charge < -0.3 is 5.11 Å². The fourth-order valence-corrected chi connectivity index (χ4v) is 3.62. The highest BCUT2D eigenvalue weighted by molar-refractivity contribution is 6.36. The molecule has 0 fully saturated rings. The molecule has 154 valence electrons. The minimum absolute atomic E-state index is 0.101. The van der Waals surface area contributed by atoms with Gasteiger partial charge in [0.1, 0.15) is 5.75 Å². The molecule has 2 N–H and O–H groups in total. The lowest BCUT2D eigenvalue weighted by atomic mass is 10.0. The monoisotopic (exact) mass is 450 g/mol. The van der Waals surface area contributed by atoms with Crippen molar-refractivity contribution in [3.8, 4) is 17.0 Å². The van der Waals surface area contributed by atoms with Crippen LogP contribution in [-0.4, -0.2) is 26.7 Å². The molecule has 4 rings (SSSR count). The molecule has 0 atom stereocenters. The zero-order chi connectivity index (χ0) is 22.0. The number of hydrogen-bond donors (Lipinski definition) is 2. The topological polar surface area (TPSA) is 87.5 Å². The summed E-state index contributed by atoms with van der Waals surface area (Å²) in [6.07, 6.45) is 3.36. The van der Waals surface area contributed by atoms with Crippen LogP contribution in [0.15, 0.2) is 72.1 Å². The molecule has 1 amide bonds. The number of carbonyl (C=O) groups excluding carboxylic acids is 1. The number of para-hydroxylation sites is 1. The van der Waals surface area contributed by atoms with E-state index in [1.807, 2.05) is 36.4 Å². The van der Waals surface area contributed by atoms with Crippen molar-refractivity contribution in [2.45, 2.75) is 6.92 Å². The van der Waals surface area contributed by atoms with E-state index >= 15 is 0 Å². The first kappa shape index (κ1) is 20.8. The van der Waals surface area contributed by atoms with Crippen molar-refractivity contribution in [2.24, 2.45) is 5.10 Å². The van der Waals surface area contributed by atoms with Crippen LogP contribution in [0.5, 0.6) is 5.75 Å². The average Bonchev–Trinajstić information content (AvgIpc) is 2.79. The van der Waals surface area contributed by atoms with Crippen LogP contribution in [0.4, 0.5) is 0 Å². The van der Waals surface area contributed by atoms with E-state index < -0.39 is 5.91 Å². The maximum absolute atomic E-state index is 13.0. The van der Waals surface area contributed by atoms with Gasteiger partial charge in [-0.15, -0.1) is 0 Å². The van der Waals surface area contributed by atoms with E-state index in [-0.39, 0.29) is 10.8 Å². The second-order valence-electron chi connectivity index (χ2n) is 6.74. The Hall–Kier alpha value is -3.48. The lowest BCUT2D eigenvalue weighted by Gasteiger charge is -2.10. The van der Waals surface area contributed by atoms with Gasteiger partial charge >= 0.3 is 0 Å². The van der Waals surface area contributed by atoms with Gasteiger partial charge in [-0.25, -0.2) is 10.4 Å². The van der Waals surface area contributed by atoms with Crippen LogP contribution in [0, 0.1) is 0 Å². The Morgan fingerprint density at radius 1 is 1.06 bits per heavy atom. The molecular weight excluding hydrogens is 435 g/mol. The fourth-order valence-electron chi connectivity index (χ4n) is 3.12. The summed E-state index contributed by atoms with van der Waals surface area (Å²) in [5.74, 6) is -0.578. The number of amides is 1. The summed E-state index contributed by atoms with van der Waals surface area (Å²) in [5, 5.41) is 15.4. The SMILES string of the molecule is CC(=NNC(=O)c1cc(-c2cccnc2)nc2ccccc12)c1cc(Cl)cc(Cl)c1O. The minimum Gasteiger partial charge on any atom is -0.506 e. The largest absolute Gasteiger partial charge is 0.506 e. The van der Waals surface area contributed by atoms with Crippen molar-refractivity contribution in [3.63, 3.8) is 0 Å². The summed E-state index contributed by atoms with van der Waals surface area (Å²) in [7, 11) is 0. The zero-order valence-electron chi connectivity index (χ0n) is 16.3. The Labute approximate surface area is 188 Å². The number of aromatic hydroxyl groups is 1. The number of benzene rings is 2. The molecule has 31 heavy (non-hydrogen) atoms. The molecule has 0 aliphatic heterocycles. The minimum atomic E-state index is -0.421. The molecule has 8 heteroatoms. The molecule has 0 radical (unpaired) electrons. The highest BCUT2D eigenvalue weighted by Crippen LogP contribution is 2.31. The van der Waals surface area contributed by atoms with Gasteiger partial charge in [-0.2, -0.15) is 5.10 Å². The maximum atomic E-state index is 13.0. The lowest BCUT2D eigenvalue weighted by Crippen LogP contribution is -2.20. The Morgan fingerprint density at radius 3 is 2.65 bits per heavy atom. The number of fused-ring (bicyclic) bond motifs is 1. The number of carbonyl (C=O) groups is 1. The Balaban J connectivity index is 1.72. The number of nitrogens with one attached hydrogen (secondary N) is 1. The normalized spacial score (nSPS) is 11.5. The lowest BCUT2D eigenvalue weighted by molar-refractivity contribution is 0.0956. The van der Waals surface area contributed by atoms with Crippen LogP contribution in [0.1, 0.15) is 22.8 Å². The summed E-state index contributed by atoms with van der Waals surface area (Å²) in [4.78, 5) is 21.8. The summed E-state index contributed by atoms with van der Waals surface area (Å²) >= 11 is 12.0. The number of rotatable bonds is 4. The van der Waals surface area contributed by atoms with E-state index in [0.717, 1.165) is 5.56 Å². The Kier molecular flexibility index (Phi) is 5.84. The average molecular weight is 451 g/mol. The molecule has 4 aromatic rings. The number of pyridine rings is 2. The third kappa shape index (κ3) is 4.35. The van der Waals surface area contributed by atoms with Gasteiger partial charge in [-0.05, 0) is 43.3 Å². The van der Waals surface area contributed by atoms with E-state index in [2.05, 4.69) is 20.5 Å². The van der Waals surface area contributed by atoms with E-state index in [4.69, 9.17) is 23.2 Å². The highest BCUT2D eigenvalue weighted by atomic mass is 35.5. The first-order valence-electron chi connectivity index (χ1n) is 9.27. The fraction of sp³-hybridized carbons (Fsp3) is 0.0435. The second kappa shape index (κ2) is 8.71. The quantitative estimate of drug-likeness (QED) is 0.319. The van der Waals surface area contributed by atoms with Gasteiger partial charge in [0, 0.05) is 33.9 Å². The van der Waals surface area contributed by atoms with Crippen LogP contribution >= 0.6 is 23.2 Å². The molecule has 2 heterocycles. The van der Waals surface area contributed by atoms with Crippen molar-refractivity contribution < 1.29 is 9.90 Å². The molecule has 2 aromatic carbocycles. The van der Waals surface area contributed by atoms with E-state index in [1.165, 1.54) is 12.1 Å². The summed E-state index contributed by atoms with van der Waals surface area (Å²) in [5.41, 5.74) is 5.72. The molecule has 0 saturated carbocycles. The summed E-state index contributed by atoms with van der Waals surface area (Å²) < 4.78 is 0. The van der Waals surface area contributed by atoms with E-state index in [0.29, 0.717) is 38.5 Å². The summed E-state index contributed by atoms with van der Waals surface area (Å²) in [6.45, 7) is 1.63. The molecule has 2 aromatic heterocycles. The van der Waals surface area contributed by atoms with Crippen molar-refractivity contribution in [1.29, 1.82) is 0 Å². The van der Waals surface area contributed by atoms with Gasteiger partial charge in [0.25, 0.3) is 5.91 Å². The number of aromatic nitrogens is 2. The van der Waals surface area contributed by atoms with Crippen LogP contribution in [-0.2, 0) is 0 Å². The number of hydrogen-bond acceptors (Lipinski definition) is 5. The van der Waals surface area contributed by atoms with Crippen molar-refractivity contribution in [1.82, 2.24) is 15.4 Å². The van der Waals surface area contributed by atoms with Crippen molar-refractivity contribution in [3.05, 3.63) is 88.2 Å². The van der Waals surface area contributed by atoms with E-state index in [9.17, 15) is 9.90 Å². The van der Waals surface area contributed by atoms with E-state index in [1.54, 1.807) is 25.4 Å². The standard InChI is InChI=1S/C23H16Cl2N4O2/c1-13(17-9-15(24)10-19(25)22(17)30)28-29-23(31)18-11-21(14-5-4-8-26-12-14)27-20-7-3-2-6-16(18)20/h2-12,30H,1H3,(H,29,31). The highest BCUT2D eigenvalue weighted by Gasteiger charge is 2.15. The van der Waals surface area contributed by atoms with Gasteiger partial charge in [0.2, 0.25) is 0 Å². The second-order valence-corrected chi connectivity index (χ2v) is 7.58. The van der Waals surface area contributed by atoms with Crippen LogP contribution in [0.2, 0.25) is 10.0 Å². The number of hydrazone groups is 1. The predicted molar refractivity (Wildman–Crippen MR) is 123 cm³/mol. The van der Waals surface area contributed by atoms with Gasteiger partial charge in [0.15, 0.2) is 0 Å². The molecular formula is C23H16Cl2N4O2. The first-order valence-corrected chi connectivity index (χ1v) is 10.0. The third-order valence-electron chi connectivity index (χ3n) is 4.66. The molecule has 0 unspecified atom stereocenters.